The molecule has 1 aromatic heterocycles. The number of fused-ring (bicyclic) bond motifs is 1. The van der Waals surface area contributed by atoms with Gasteiger partial charge < -0.3 is 0 Å². The second-order valence-corrected chi connectivity index (χ2v) is 2.88. The van der Waals surface area contributed by atoms with Crippen LogP contribution in [0.15, 0.2) is 18.5 Å². The zero-order valence-corrected chi connectivity index (χ0v) is 7.26. The minimum atomic E-state index is -1.29. The van der Waals surface area contributed by atoms with Gasteiger partial charge in [0.2, 0.25) is 0 Å². The molecule has 0 radical (unpaired) electrons. The predicted octanol–water partition coefficient (Wildman–Crippen LogP) is 2.52. The highest BCUT2D eigenvalue weighted by molar-refractivity contribution is 5.88. The van der Waals surface area contributed by atoms with Gasteiger partial charge in [0.1, 0.15) is 11.9 Å². The topological polar surface area (TPSA) is 36.7 Å². The normalized spacial score (nSPS) is 10.3. The van der Waals surface area contributed by atoms with Crippen molar-refractivity contribution in [2.75, 3.05) is 0 Å². The number of aromatic nitrogens is 1. The number of benzene rings is 1. The third-order valence-electron chi connectivity index (χ3n) is 2.00. The summed E-state index contributed by atoms with van der Waals surface area (Å²) >= 11 is 0. The second kappa shape index (κ2) is 3.24. The SMILES string of the molecule is N#Cc1cncc2c(F)c(F)cc(F)c12. The molecule has 0 fully saturated rings. The van der Waals surface area contributed by atoms with Crippen LogP contribution >= 0.6 is 0 Å². The summed E-state index contributed by atoms with van der Waals surface area (Å²) in [6, 6.07) is 2.08. The molecule has 0 aliphatic rings. The van der Waals surface area contributed by atoms with Gasteiger partial charge in [0.25, 0.3) is 0 Å². The largest absolute Gasteiger partial charge is 0.263 e. The fourth-order valence-corrected chi connectivity index (χ4v) is 1.34. The molecule has 74 valence electrons. The minimum absolute atomic E-state index is 0.121. The van der Waals surface area contributed by atoms with Gasteiger partial charge in [-0.25, -0.2) is 13.2 Å². The van der Waals surface area contributed by atoms with E-state index in [4.69, 9.17) is 5.26 Å². The van der Waals surface area contributed by atoms with Gasteiger partial charge in [-0.2, -0.15) is 5.26 Å². The second-order valence-electron chi connectivity index (χ2n) is 2.88. The predicted molar refractivity (Wildman–Crippen MR) is 46.3 cm³/mol. The Morgan fingerprint density at radius 3 is 2.53 bits per heavy atom. The lowest BCUT2D eigenvalue weighted by Crippen LogP contribution is -1.94. The highest BCUT2D eigenvalue weighted by Crippen LogP contribution is 2.25. The molecule has 15 heavy (non-hydrogen) atoms. The van der Waals surface area contributed by atoms with Crippen molar-refractivity contribution in [3.63, 3.8) is 0 Å². The smallest absolute Gasteiger partial charge is 0.168 e. The van der Waals surface area contributed by atoms with Crippen LogP contribution in [0.3, 0.4) is 0 Å². The Morgan fingerprint density at radius 2 is 1.87 bits per heavy atom. The number of pyridine rings is 1. The van der Waals surface area contributed by atoms with E-state index in [9.17, 15) is 13.2 Å². The van der Waals surface area contributed by atoms with E-state index in [-0.39, 0.29) is 16.3 Å². The molecule has 2 rings (SSSR count). The van der Waals surface area contributed by atoms with Crippen molar-refractivity contribution in [3.8, 4) is 6.07 Å². The first-order chi connectivity index (χ1) is 7.15. The molecular weight excluding hydrogens is 205 g/mol. The molecule has 0 atom stereocenters. The standard InChI is InChI=1S/C10H3F3N2/c11-7-1-8(12)10(13)6-4-15-3-5(2-14)9(6)7/h1,3-4H. The summed E-state index contributed by atoms with van der Waals surface area (Å²) in [5.74, 6) is -3.46. The van der Waals surface area contributed by atoms with E-state index >= 15 is 0 Å². The number of hydrogen-bond donors (Lipinski definition) is 0. The van der Waals surface area contributed by atoms with Crippen molar-refractivity contribution in [1.29, 1.82) is 5.26 Å². The van der Waals surface area contributed by atoms with E-state index in [0.717, 1.165) is 12.4 Å². The molecule has 0 aliphatic heterocycles. The van der Waals surface area contributed by atoms with E-state index in [0.29, 0.717) is 6.07 Å². The van der Waals surface area contributed by atoms with Gasteiger partial charge in [-0.05, 0) is 0 Å². The summed E-state index contributed by atoms with van der Waals surface area (Å²) in [7, 11) is 0. The zero-order chi connectivity index (χ0) is 11.0. The Labute approximate surface area is 82.6 Å². The van der Waals surface area contributed by atoms with Gasteiger partial charge >= 0.3 is 0 Å². The molecule has 1 heterocycles. The number of hydrogen-bond acceptors (Lipinski definition) is 2. The summed E-state index contributed by atoms with van der Waals surface area (Å²) in [6.07, 6.45) is 2.08. The Kier molecular flexibility index (Phi) is 2.05. The summed E-state index contributed by atoms with van der Waals surface area (Å²) in [4.78, 5) is 3.53. The van der Waals surface area contributed by atoms with Crippen LogP contribution in [0, 0.1) is 28.8 Å². The molecule has 0 aliphatic carbocycles. The third-order valence-corrected chi connectivity index (χ3v) is 2.00. The van der Waals surface area contributed by atoms with Gasteiger partial charge in [-0.15, -0.1) is 0 Å². The Morgan fingerprint density at radius 1 is 1.13 bits per heavy atom. The first-order valence-corrected chi connectivity index (χ1v) is 3.96. The summed E-state index contributed by atoms with van der Waals surface area (Å²) in [5, 5.41) is 8.08. The number of halogens is 3. The number of rotatable bonds is 0. The summed E-state index contributed by atoms with van der Waals surface area (Å²) < 4.78 is 39.3. The van der Waals surface area contributed by atoms with Crippen LogP contribution in [-0.4, -0.2) is 4.98 Å². The van der Waals surface area contributed by atoms with Crippen LogP contribution in [0.1, 0.15) is 5.56 Å². The first kappa shape index (κ1) is 9.46. The van der Waals surface area contributed by atoms with Crippen molar-refractivity contribution in [2.45, 2.75) is 0 Å². The van der Waals surface area contributed by atoms with Crippen molar-refractivity contribution >= 4 is 10.8 Å². The molecule has 0 spiro atoms. The molecule has 2 nitrogen and oxygen atoms in total. The van der Waals surface area contributed by atoms with Gasteiger partial charge in [0.15, 0.2) is 11.6 Å². The van der Waals surface area contributed by atoms with E-state index in [1.54, 1.807) is 6.07 Å². The van der Waals surface area contributed by atoms with Crippen LogP contribution < -0.4 is 0 Å². The quantitative estimate of drug-likeness (QED) is 0.623. The van der Waals surface area contributed by atoms with E-state index in [1.165, 1.54) is 0 Å². The Balaban J connectivity index is 3.03. The van der Waals surface area contributed by atoms with Crippen LogP contribution in [0.2, 0.25) is 0 Å². The minimum Gasteiger partial charge on any atom is -0.263 e. The highest BCUT2D eigenvalue weighted by atomic mass is 19.2. The zero-order valence-electron chi connectivity index (χ0n) is 7.26. The lowest BCUT2D eigenvalue weighted by atomic mass is 10.1. The molecule has 0 amide bonds. The van der Waals surface area contributed by atoms with Crippen LogP contribution in [-0.2, 0) is 0 Å². The number of nitriles is 1. The van der Waals surface area contributed by atoms with E-state index in [1.807, 2.05) is 0 Å². The molecule has 0 bridgehead atoms. The van der Waals surface area contributed by atoms with Crippen LogP contribution in [0.5, 0.6) is 0 Å². The fourth-order valence-electron chi connectivity index (χ4n) is 1.34. The first-order valence-electron chi connectivity index (χ1n) is 3.96. The van der Waals surface area contributed by atoms with E-state index in [2.05, 4.69) is 4.98 Å². The molecule has 1 aromatic carbocycles. The monoisotopic (exact) mass is 208 g/mol. The molecule has 0 saturated carbocycles. The van der Waals surface area contributed by atoms with Crippen molar-refractivity contribution < 1.29 is 13.2 Å². The lowest BCUT2D eigenvalue weighted by Gasteiger charge is -2.02. The maximum atomic E-state index is 13.3. The Hall–Kier alpha value is -2.09. The summed E-state index contributed by atoms with van der Waals surface area (Å²) in [6.45, 7) is 0. The molecule has 0 N–H and O–H groups in total. The van der Waals surface area contributed by atoms with E-state index < -0.39 is 17.5 Å². The highest BCUT2D eigenvalue weighted by Gasteiger charge is 2.15. The lowest BCUT2D eigenvalue weighted by molar-refractivity contribution is 0.505. The van der Waals surface area contributed by atoms with Crippen LogP contribution in [0.4, 0.5) is 13.2 Å². The van der Waals surface area contributed by atoms with Crippen molar-refractivity contribution in [1.82, 2.24) is 4.98 Å². The van der Waals surface area contributed by atoms with Crippen molar-refractivity contribution in [2.24, 2.45) is 0 Å². The van der Waals surface area contributed by atoms with Crippen LogP contribution in [0.25, 0.3) is 10.8 Å². The van der Waals surface area contributed by atoms with Gasteiger partial charge in [0, 0.05) is 29.2 Å². The molecule has 0 unspecified atom stereocenters. The van der Waals surface area contributed by atoms with Crippen molar-refractivity contribution in [3.05, 3.63) is 41.5 Å². The third kappa shape index (κ3) is 1.31. The number of nitrogens with zero attached hydrogens (tertiary/aromatic N) is 2. The van der Waals surface area contributed by atoms with Gasteiger partial charge in [-0.1, -0.05) is 0 Å². The fraction of sp³-hybridized carbons (Fsp3) is 0. The average molecular weight is 208 g/mol. The maximum Gasteiger partial charge on any atom is 0.168 e. The average Bonchev–Trinajstić information content (AvgIpc) is 2.25. The summed E-state index contributed by atoms with van der Waals surface area (Å²) in [5.41, 5.74) is -0.121. The maximum absolute atomic E-state index is 13.3. The van der Waals surface area contributed by atoms with Gasteiger partial charge in [0.05, 0.1) is 5.56 Å². The molecule has 5 heteroatoms. The molecule has 0 saturated heterocycles. The molecule has 2 aromatic rings. The molecular formula is C10H3F3N2. The van der Waals surface area contributed by atoms with Gasteiger partial charge in [-0.3, -0.25) is 4.98 Å². The Bertz CT molecular complexity index is 587.